The fourth-order valence-corrected chi connectivity index (χ4v) is 2.24. The zero-order valence-electron chi connectivity index (χ0n) is 8.25. The lowest BCUT2D eigenvalue weighted by atomic mass is 10.4. The van der Waals surface area contributed by atoms with E-state index in [1.54, 1.807) is 18.2 Å². The molecule has 0 bridgehead atoms. The molecule has 0 fully saturated rings. The van der Waals surface area contributed by atoms with Crippen molar-refractivity contribution in [2.45, 2.75) is 4.90 Å². The van der Waals surface area contributed by atoms with E-state index in [4.69, 9.17) is 5.73 Å². The van der Waals surface area contributed by atoms with Gasteiger partial charge in [-0.15, -0.1) is 0 Å². The van der Waals surface area contributed by atoms with Crippen LogP contribution in [0.3, 0.4) is 0 Å². The Hall–Kier alpha value is -1.40. The van der Waals surface area contributed by atoms with Gasteiger partial charge in [0.1, 0.15) is 0 Å². The van der Waals surface area contributed by atoms with Gasteiger partial charge in [-0.05, 0) is 12.1 Å². The van der Waals surface area contributed by atoms with Gasteiger partial charge in [0.25, 0.3) is 0 Å². The lowest BCUT2D eigenvalue weighted by Crippen LogP contribution is -2.35. The minimum absolute atomic E-state index is 0.147. The predicted octanol–water partition coefficient (Wildman–Crippen LogP) is -0.208. The fraction of sp³-hybridized carbons (Fsp3) is 0.222. The van der Waals surface area contributed by atoms with E-state index in [9.17, 15) is 13.2 Å². The topological polar surface area (TPSA) is 80.5 Å². The molecule has 6 heteroatoms. The summed E-state index contributed by atoms with van der Waals surface area (Å²) in [6, 6.07) is 7.88. The third-order valence-electron chi connectivity index (χ3n) is 1.83. The first-order valence-corrected chi connectivity index (χ1v) is 5.68. The number of hydrogen-bond acceptors (Lipinski definition) is 3. The third-order valence-corrected chi connectivity index (χ3v) is 3.65. The second-order valence-electron chi connectivity index (χ2n) is 3.04. The highest BCUT2D eigenvalue weighted by molar-refractivity contribution is 7.89. The largest absolute Gasteiger partial charge is 0.369 e. The highest BCUT2D eigenvalue weighted by atomic mass is 32.2. The average molecular weight is 228 g/mol. The van der Waals surface area contributed by atoms with E-state index in [1.165, 1.54) is 19.2 Å². The number of carbonyl (C=O) groups is 1. The Balaban J connectivity index is 2.99. The van der Waals surface area contributed by atoms with E-state index in [0.29, 0.717) is 0 Å². The summed E-state index contributed by atoms with van der Waals surface area (Å²) in [5.41, 5.74) is 4.92. The Morgan fingerprint density at radius 3 is 2.33 bits per heavy atom. The molecule has 15 heavy (non-hydrogen) atoms. The Bertz CT molecular complexity index is 442. The maximum absolute atomic E-state index is 11.8. The maximum Gasteiger partial charge on any atom is 0.243 e. The number of likely N-dealkylation sites (N-methyl/N-ethyl adjacent to an activating group) is 1. The monoisotopic (exact) mass is 228 g/mol. The molecule has 0 atom stereocenters. The van der Waals surface area contributed by atoms with E-state index in [1.807, 2.05) is 0 Å². The highest BCUT2D eigenvalue weighted by Crippen LogP contribution is 2.12. The summed E-state index contributed by atoms with van der Waals surface area (Å²) >= 11 is 0. The molecule has 1 aromatic carbocycles. The quantitative estimate of drug-likeness (QED) is 0.774. The smallest absolute Gasteiger partial charge is 0.243 e. The highest BCUT2D eigenvalue weighted by Gasteiger charge is 2.21. The number of nitrogens with zero attached hydrogens (tertiary/aromatic N) is 1. The van der Waals surface area contributed by atoms with Crippen molar-refractivity contribution < 1.29 is 13.2 Å². The first-order chi connectivity index (χ1) is 6.94. The molecule has 1 amide bonds. The Labute approximate surface area is 88.5 Å². The second-order valence-corrected chi connectivity index (χ2v) is 5.09. The second kappa shape index (κ2) is 4.41. The van der Waals surface area contributed by atoms with Gasteiger partial charge in [0.2, 0.25) is 15.9 Å². The Morgan fingerprint density at radius 2 is 1.87 bits per heavy atom. The number of hydrogen-bond donors (Lipinski definition) is 1. The summed E-state index contributed by atoms with van der Waals surface area (Å²) in [5, 5.41) is 0. The van der Waals surface area contributed by atoms with Gasteiger partial charge in [-0.2, -0.15) is 4.31 Å². The molecule has 5 nitrogen and oxygen atoms in total. The molecule has 0 saturated carbocycles. The molecule has 2 N–H and O–H groups in total. The minimum atomic E-state index is -3.60. The van der Waals surface area contributed by atoms with Crippen molar-refractivity contribution in [2.24, 2.45) is 5.73 Å². The zero-order valence-corrected chi connectivity index (χ0v) is 9.07. The molecular weight excluding hydrogens is 216 g/mol. The zero-order chi connectivity index (χ0) is 11.5. The number of amides is 1. The maximum atomic E-state index is 11.8. The molecule has 0 unspecified atom stereocenters. The van der Waals surface area contributed by atoms with Crippen LogP contribution in [0, 0.1) is 0 Å². The standard InChI is InChI=1S/C9H12N2O3S/c1-11(7-9(10)12)15(13,14)8-5-3-2-4-6-8/h2-6H,7H2,1H3,(H2,10,12). The fourth-order valence-electron chi connectivity index (χ4n) is 1.08. The van der Waals surface area contributed by atoms with E-state index in [-0.39, 0.29) is 11.4 Å². The molecule has 0 spiro atoms. The van der Waals surface area contributed by atoms with Crippen LogP contribution in [0.4, 0.5) is 0 Å². The van der Waals surface area contributed by atoms with E-state index in [2.05, 4.69) is 0 Å². The Kier molecular flexibility index (Phi) is 3.43. The van der Waals surface area contributed by atoms with Gasteiger partial charge in [0, 0.05) is 7.05 Å². The van der Waals surface area contributed by atoms with Crippen LogP contribution in [-0.2, 0) is 14.8 Å². The van der Waals surface area contributed by atoms with Crippen LogP contribution in [0.15, 0.2) is 35.2 Å². The van der Waals surface area contributed by atoms with Crippen molar-refractivity contribution in [3.8, 4) is 0 Å². The first-order valence-electron chi connectivity index (χ1n) is 4.24. The molecule has 1 aromatic rings. The van der Waals surface area contributed by atoms with Crippen molar-refractivity contribution in [1.82, 2.24) is 4.31 Å². The molecule has 0 aliphatic heterocycles. The predicted molar refractivity (Wildman–Crippen MR) is 55.5 cm³/mol. The lowest BCUT2D eigenvalue weighted by molar-refractivity contribution is -0.118. The number of primary amides is 1. The SMILES string of the molecule is CN(CC(N)=O)S(=O)(=O)c1ccccc1. The summed E-state index contributed by atoms with van der Waals surface area (Å²) in [6.07, 6.45) is 0. The number of sulfonamides is 1. The van der Waals surface area contributed by atoms with Gasteiger partial charge < -0.3 is 5.73 Å². The first kappa shape index (κ1) is 11.7. The number of benzene rings is 1. The van der Waals surface area contributed by atoms with Crippen LogP contribution in [0.5, 0.6) is 0 Å². The van der Waals surface area contributed by atoms with Crippen molar-refractivity contribution in [2.75, 3.05) is 13.6 Å². The van der Waals surface area contributed by atoms with Gasteiger partial charge in [0.05, 0.1) is 11.4 Å². The summed E-state index contributed by atoms with van der Waals surface area (Å²) < 4.78 is 24.5. The van der Waals surface area contributed by atoms with Gasteiger partial charge >= 0.3 is 0 Å². The van der Waals surface area contributed by atoms with Crippen molar-refractivity contribution in [3.63, 3.8) is 0 Å². The molecule has 1 rings (SSSR count). The van der Waals surface area contributed by atoms with Crippen LogP contribution in [0.25, 0.3) is 0 Å². The van der Waals surface area contributed by atoms with Gasteiger partial charge in [-0.1, -0.05) is 18.2 Å². The van der Waals surface area contributed by atoms with Crippen LogP contribution >= 0.6 is 0 Å². The number of rotatable bonds is 4. The van der Waals surface area contributed by atoms with E-state index < -0.39 is 15.9 Å². The van der Waals surface area contributed by atoms with Crippen molar-refractivity contribution >= 4 is 15.9 Å². The normalized spacial score (nSPS) is 11.6. The number of carbonyl (C=O) groups excluding carboxylic acids is 1. The molecule has 0 saturated heterocycles. The molecule has 0 aliphatic rings. The molecule has 0 heterocycles. The summed E-state index contributed by atoms with van der Waals surface area (Å²) in [4.78, 5) is 10.8. The van der Waals surface area contributed by atoms with Gasteiger partial charge in [-0.3, -0.25) is 4.79 Å². The molecule has 0 aliphatic carbocycles. The van der Waals surface area contributed by atoms with Gasteiger partial charge in [0.15, 0.2) is 0 Å². The van der Waals surface area contributed by atoms with Crippen LogP contribution in [0.1, 0.15) is 0 Å². The van der Waals surface area contributed by atoms with Crippen molar-refractivity contribution in [3.05, 3.63) is 30.3 Å². The van der Waals surface area contributed by atoms with Crippen LogP contribution in [-0.4, -0.2) is 32.2 Å². The minimum Gasteiger partial charge on any atom is -0.369 e. The third kappa shape index (κ3) is 2.77. The van der Waals surface area contributed by atoms with Crippen LogP contribution in [0.2, 0.25) is 0 Å². The summed E-state index contributed by atoms with van der Waals surface area (Å²) in [5.74, 6) is -0.683. The molecule has 82 valence electrons. The molecule has 0 radical (unpaired) electrons. The van der Waals surface area contributed by atoms with E-state index in [0.717, 1.165) is 4.31 Å². The summed E-state index contributed by atoms with van der Waals surface area (Å²) in [7, 11) is -2.29. The van der Waals surface area contributed by atoms with E-state index >= 15 is 0 Å². The summed E-state index contributed by atoms with van der Waals surface area (Å²) in [6.45, 7) is -0.322. The van der Waals surface area contributed by atoms with Gasteiger partial charge in [-0.25, -0.2) is 8.42 Å². The lowest BCUT2D eigenvalue weighted by Gasteiger charge is -2.14. The number of nitrogens with two attached hydrogens (primary N) is 1. The van der Waals surface area contributed by atoms with Crippen molar-refractivity contribution in [1.29, 1.82) is 0 Å². The molecular formula is C9H12N2O3S. The van der Waals surface area contributed by atoms with Crippen LogP contribution < -0.4 is 5.73 Å². The average Bonchev–Trinajstić information content (AvgIpc) is 2.18. The molecule has 0 aromatic heterocycles. The Morgan fingerprint density at radius 1 is 1.33 bits per heavy atom.